The lowest BCUT2D eigenvalue weighted by molar-refractivity contribution is -0.228. The number of nitrogens with one attached hydrogen (secondary N) is 8. The van der Waals surface area contributed by atoms with Crippen molar-refractivity contribution in [2.75, 3.05) is 39.8 Å². The minimum Gasteiger partial charge on any atom is -0.480 e. The van der Waals surface area contributed by atoms with Gasteiger partial charge in [0.1, 0.15) is 73.0 Å². The average molecular weight is 1200 g/mol. The van der Waals surface area contributed by atoms with Crippen LogP contribution in [0.4, 0.5) is 4.79 Å². The minimum absolute atomic E-state index is 0.0312. The van der Waals surface area contributed by atoms with Crippen LogP contribution in [0.2, 0.25) is 0 Å². The number of esters is 1. The van der Waals surface area contributed by atoms with E-state index >= 15 is 0 Å². The fraction of sp³-hybridized carbons (Fsp3) is 0.765. The summed E-state index contributed by atoms with van der Waals surface area (Å²) < 4.78 is 29.8. The Bertz CT molecular complexity index is 2470. The van der Waals surface area contributed by atoms with Crippen LogP contribution in [-0.2, 0) is 47.7 Å². The van der Waals surface area contributed by atoms with Crippen molar-refractivity contribution in [3.8, 4) is 0 Å². The molecule has 2 fully saturated rings. The van der Waals surface area contributed by atoms with Crippen LogP contribution in [0, 0.1) is 17.2 Å². The van der Waals surface area contributed by atoms with Crippen LogP contribution >= 0.6 is 0 Å². The van der Waals surface area contributed by atoms with Crippen LogP contribution in [0.15, 0.2) is 26.8 Å². The first-order valence-electron chi connectivity index (χ1n) is 28.3. The van der Waals surface area contributed by atoms with Crippen molar-refractivity contribution >= 4 is 47.7 Å². The number of aliphatic carboxylic acids is 2. The number of amides is 4. The molecule has 3 aliphatic heterocycles. The number of hydrogen-bond donors (Lipinski definition) is 17. The van der Waals surface area contributed by atoms with E-state index in [1.807, 2.05) is 4.98 Å². The van der Waals surface area contributed by atoms with E-state index < -0.39 is 156 Å². The minimum atomic E-state index is -1.96. The fourth-order valence-corrected chi connectivity index (χ4v) is 9.92. The molecule has 0 radical (unpaired) electrons. The number of aromatic amines is 1. The first-order chi connectivity index (χ1) is 39.8. The quantitative estimate of drug-likeness (QED) is 0.0101. The van der Waals surface area contributed by atoms with Crippen molar-refractivity contribution in [1.82, 2.24) is 46.5 Å². The molecule has 3 aliphatic rings. The van der Waals surface area contributed by atoms with Gasteiger partial charge >= 0.3 is 29.6 Å². The van der Waals surface area contributed by atoms with Gasteiger partial charge in [-0.1, -0.05) is 72.6 Å². The summed E-state index contributed by atoms with van der Waals surface area (Å²) in [5.74, 6) is -7.11. The number of nitrogens with zero attached hydrogens (tertiary/aromatic N) is 3. The molecule has 0 aliphatic carbocycles. The normalized spacial score (nSPS) is 24.4. The van der Waals surface area contributed by atoms with Gasteiger partial charge in [0.2, 0.25) is 17.8 Å². The van der Waals surface area contributed by atoms with E-state index in [0.717, 1.165) is 55.4 Å². The number of guanidine groups is 2. The Morgan fingerprint density at radius 3 is 2.05 bits per heavy atom. The molecule has 0 saturated carbocycles. The lowest BCUT2D eigenvalue weighted by Gasteiger charge is -2.34. The number of hydroxylamine groups is 2. The summed E-state index contributed by atoms with van der Waals surface area (Å²) in [6.07, 6.45) is -7.38. The first-order valence-corrected chi connectivity index (χ1v) is 28.3. The first kappa shape index (κ1) is 69.9. The maximum atomic E-state index is 14.5. The van der Waals surface area contributed by atoms with Crippen molar-refractivity contribution in [2.24, 2.45) is 34.0 Å². The molecule has 33 nitrogen and oxygen atoms in total. The predicted octanol–water partition coefficient (Wildman–Crippen LogP) is -3.86. The Labute approximate surface area is 484 Å². The summed E-state index contributed by atoms with van der Waals surface area (Å²) in [6.45, 7) is 6.19. The molecule has 0 spiro atoms. The van der Waals surface area contributed by atoms with Gasteiger partial charge < -0.3 is 98.3 Å². The maximum Gasteiger partial charge on any atom is 0.330 e. The number of aliphatic hydroxyl groups excluding tert-OH is 3. The van der Waals surface area contributed by atoms with Gasteiger partial charge in [-0.2, -0.15) is 0 Å². The highest BCUT2D eigenvalue weighted by Crippen LogP contribution is 2.35. The molecule has 476 valence electrons. The number of aliphatic hydroxyl groups is 3. The molecule has 0 aromatic carbocycles. The summed E-state index contributed by atoms with van der Waals surface area (Å²) in [5, 5.41) is 87.4. The Kier molecular flexibility index (Phi) is 28.6. The van der Waals surface area contributed by atoms with Crippen LogP contribution in [0.5, 0.6) is 0 Å². The molecule has 6 unspecified atom stereocenters. The maximum absolute atomic E-state index is 14.5. The Hall–Kier alpha value is -6.56. The van der Waals surface area contributed by atoms with Crippen LogP contribution in [0.1, 0.15) is 111 Å². The second-order valence-corrected chi connectivity index (χ2v) is 21.6. The molecular weight excluding hydrogens is 1110 g/mol. The van der Waals surface area contributed by atoms with Crippen LogP contribution in [-0.4, -0.2) is 218 Å². The number of carbonyl (C=O) groups excluding carboxylic acids is 4. The highest BCUT2D eigenvalue weighted by Gasteiger charge is 2.54. The zero-order chi connectivity index (χ0) is 62.4. The number of carbonyl (C=O) groups is 6. The van der Waals surface area contributed by atoms with Crippen molar-refractivity contribution < 1.29 is 83.2 Å². The number of methoxy groups -OCH3 is 1. The monoisotopic (exact) mass is 1200 g/mol. The van der Waals surface area contributed by atoms with Gasteiger partial charge in [0.15, 0.2) is 18.5 Å². The molecule has 1 aromatic heterocycles. The molecule has 4 amide bonds. The number of aliphatic imine (C=N–C) groups is 1. The zero-order valence-electron chi connectivity index (χ0n) is 48.1. The van der Waals surface area contributed by atoms with Crippen LogP contribution in [0.25, 0.3) is 0 Å². The largest absolute Gasteiger partial charge is 0.480 e. The smallest absolute Gasteiger partial charge is 0.330 e. The number of urea groups is 1. The second kappa shape index (κ2) is 34.4. The van der Waals surface area contributed by atoms with E-state index in [4.69, 9.17) is 46.3 Å². The van der Waals surface area contributed by atoms with E-state index in [-0.39, 0.29) is 57.9 Å². The van der Waals surface area contributed by atoms with Crippen molar-refractivity contribution in [2.45, 2.75) is 196 Å². The molecule has 1 aromatic rings. The number of nitrogens with two attached hydrogens (primary N) is 3. The Morgan fingerprint density at radius 2 is 1.49 bits per heavy atom. The summed E-state index contributed by atoms with van der Waals surface area (Å²) in [6, 6.07) is -7.41. The number of rotatable bonds is 36. The zero-order valence-corrected chi connectivity index (χ0v) is 48.1. The summed E-state index contributed by atoms with van der Waals surface area (Å²) in [7, 11) is 1.27. The van der Waals surface area contributed by atoms with Gasteiger partial charge in [-0.25, -0.2) is 19.4 Å². The Balaban J connectivity index is 1.53. The van der Waals surface area contributed by atoms with E-state index in [1.165, 1.54) is 7.11 Å². The third kappa shape index (κ3) is 20.6. The number of H-pyrrole nitrogens is 1. The molecule has 0 bridgehead atoms. The topological polar surface area (TPSA) is 515 Å². The standard InChI is InChI=1S/C51H88N14O19/c1-25(2)31(45(73)74)62-50(77)63-32(27-17-21-58-49(55)59-27)43(72)61-33(38(26(3)4)82-30(67)16-13-11-9-7-6-8-10-12-14-22-65(79)48(53)54)42(71)57-20-15-19-56-34(46(75)76)40(84-47-37(70)39(80-5)28(24-52)81-47)41-35(68)36(69)44(83-41)64-23-18-29(66)60-51(64)78/h18,23,25-28,31-41,44,47,56,68-70,79H,6-17,19-22,24,52H2,1-5H3,(H3,53,54)(H,57,71)(H,61,72)(H,73,74)(H,75,76)(H3,55,58,59)(H,60,66,78)(H2,62,63,77)/t27?,28-,31-,32-,33+,34?,35-,36+,37?,38?,39?,40?,41-,44+,47+/m0/s1. The lowest BCUT2D eigenvalue weighted by atomic mass is 9.96. The van der Waals surface area contributed by atoms with E-state index in [9.17, 15) is 69.1 Å². The molecule has 4 rings (SSSR count). The average Bonchev–Trinajstić information content (AvgIpc) is 3.68. The third-order valence-corrected chi connectivity index (χ3v) is 14.5. The number of carboxylic acid groups (broad SMARTS) is 2. The molecule has 4 heterocycles. The molecule has 2 saturated heterocycles. The van der Waals surface area contributed by atoms with Gasteiger partial charge in [0.25, 0.3) is 5.56 Å². The highest BCUT2D eigenvalue weighted by molar-refractivity contribution is 5.94. The second-order valence-electron chi connectivity index (χ2n) is 21.6. The molecule has 15 atom stereocenters. The number of aromatic nitrogens is 2. The molecule has 33 heteroatoms. The summed E-state index contributed by atoms with van der Waals surface area (Å²) in [5.41, 5.74) is 15.3. The van der Waals surface area contributed by atoms with E-state index in [2.05, 4.69) is 36.9 Å². The van der Waals surface area contributed by atoms with Crippen LogP contribution < -0.4 is 60.4 Å². The van der Waals surface area contributed by atoms with Crippen molar-refractivity contribution in [3.63, 3.8) is 0 Å². The highest BCUT2D eigenvalue weighted by atomic mass is 16.7. The van der Waals surface area contributed by atoms with Gasteiger partial charge in [0, 0.05) is 52.0 Å². The lowest BCUT2D eigenvalue weighted by Crippen LogP contribution is -2.66. The number of unbranched alkanes of at least 4 members (excludes halogenated alkanes) is 8. The predicted molar refractivity (Wildman–Crippen MR) is 297 cm³/mol. The number of hydrogen-bond acceptors (Lipinski definition) is 23. The SMILES string of the molecule is COC1C(O)[C@@H](OC(C(NCCCNC(=O)[C@H](NC(=O)[C@@H](NC(=O)N[C@H](C(=O)O)C(C)C)C2CCN=C(N)N2)C(OC(=O)CCCCCCCCCCCN(O)C(=N)N)C(C)C)C(=O)O)[C@H]2O[C@@H](n3ccc(=O)[nH]c3=O)[C@H](O)[C@@H]2O)O[C@H]1CN. The van der Waals surface area contributed by atoms with Gasteiger partial charge in [-0.3, -0.25) is 49.1 Å². The van der Waals surface area contributed by atoms with Crippen molar-refractivity contribution in [1.29, 1.82) is 5.41 Å². The van der Waals surface area contributed by atoms with Gasteiger partial charge in [0.05, 0.1) is 6.04 Å². The summed E-state index contributed by atoms with van der Waals surface area (Å²) in [4.78, 5) is 112. The Morgan fingerprint density at radius 1 is 0.845 bits per heavy atom. The van der Waals surface area contributed by atoms with E-state index in [1.54, 1.807) is 27.7 Å². The third-order valence-electron chi connectivity index (χ3n) is 14.5. The van der Waals surface area contributed by atoms with E-state index in [0.29, 0.717) is 24.3 Å². The fourth-order valence-electron chi connectivity index (χ4n) is 9.92. The molecular formula is C51H88N14O19. The van der Waals surface area contributed by atoms with Crippen LogP contribution in [0.3, 0.4) is 0 Å². The number of ether oxygens (including phenoxy) is 5. The molecule has 20 N–H and O–H groups in total. The molecule has 84 heavy (non-hydrogen) atoms. The van der Waals surface area contributed by atoms with Crippen molar-refractivity contribution in [3.05, 3.63) is 33.1 Å². The number of carboxylic acids is 2. The van der Waals surface area contributed by atoms with Gasteiger partial charge in [-0.15, -0.1) is 0 Å². The van der Waals surface area contributed by atoms with Gasteiger partial charge in [-0.05, 0) is 44.1 Å². The summed E-state index contributed by atoms with van der Waals surface area (Å²) >= 11 is 0.